The van der Waals surface area contributed by atoms with Crippen LogP contribution in [0.2, 0.25) is 0 Å². The molecular formula is C21H32O2. The second kappa shape index (κ2) is 5.50. The van der Waals surface area contributed by atoms with Crippen LogP contribution in [0.15, 0.2) is 23.8 Å². The lowest BCUT2D eigenvalue weighted by molar-refractivity contribution is -0.163. The molecule has 4 atom stereocenters. The summed E-state index contributed by atoms with van der Waals surface area (Å²) in [6.45, 7) is 11.0. The van der Waals surface area contributed by atoms with Crippen LogP contribution in [0.25, 0.3) is 0 Å². The number of ether oxygens (including phenoxy) is 1. The zero-order valence-corrected chi connectivity index (χ0v) is 15.3. The van der Waals surface area contributed by atoms with E-state index in [9.17, 15) is 4.79 Å². The fourth-order valence-corrected chi connectivity index (χ4v) is 6.04. The molecule has 3 rings (SSSR count). The first-order chi connectivity index (χ1) is 10.8. The second-order valence-corrected chi connectivity index (χ2v) is 8.89. The van der Waals surface area contributed by atoms with E-state index in [0.717, 1.165) is 25.7 Å². The van der Waals surface area contributed by atoms with Gasteiger partial charge < -0.3 is 4.74 Å². The monoisotopic (exact) mass is 316 g/mol. The molecule has 1 fully saturated rings. The Labute approximate surface area is 141 Å². The molecule has 0 aromatic heterocycles. The summed E-state index contributed by atoms with van der Waals surface area (Å²) in [7, 11) is 1.54. The molecule has 0 N–H and O–H groups in total. The molecule has 3 aliphatic carbocycles. The number of carbonyl (C=O) groups excluding carboxylic acids is 1. The van der Waals surface area contributed by atoms with Gasteiger partial charge in [-0.2, -0.15) is 0 Å². The highest BCUT2D eigenvalue weighted by atomic mass is 16.5. The minimum atomic E-state index is -0.306. The highest BCUT2D eigenvalue weighted by Crippen LogP contribution is 2.63. The molecule has 3 aliphatic rings. The maximum Gasteiger partial charge on any atom is 0.311 e. The van der Waals surface area contributed by atoms with Crippen molar-refractivity contribution in [2.75, 3.05) is 7.11 Å². The number of allylic oxidation sites excluding steroid dienone is 3. The molecule has 0 unspecified atom stereocenters. The Morgan fingerprint density at radius 1 is 1.22 bits per heavy atom. The summed E-state index contributed by atoms with van der Waals surface area (Å²) in [5, 5.41) is 0. The third-order valence-corrected chi connectivity index (χ3v) is 7.49. The van der Waals surface area contributed by atoms with E-state index in [1.165, 1.54) is 25.7 Å². The smallest absolute Gasteiger partial charge is 0.311 e. The van der Waals surface area contributed by atoms with Crippen LogP contribution in [0, 0.1) is 22.2 Å². The normalized spacial score (nSPS) is 43.4. The number of carbonyl (C=O) groups is 1. The van der Waals surface area contributed by atoms with Crippen LogP contribution < -0.4 is 0 Å². The van der Waals surface area contributed by atoms with Crippen molar-refractivity contribution in [1.82, 2.24) is 0 Å². The molecule has 1 saturated carbocycles. The Hall–Kier alpha value is -1.05. The number of rotatable bonds is 2. The molecular weight excluding hydrogens is 284 g/mol. The topological polar surface area (TPSA) is 26.3 Å². The van der Waals surface area contributed by atoms with Crippen molar-refractivity contribution in [3.8, 4) is 0 Å². The molecule has 0 bridgehead atoms. The molecule has 128 valence electrons. The lowest BCUT2D eigenvalue weighted by Gasteiger charge is -2.56. The quantitative estimate of drug-likeness (QED) is 0.501. The van der Waals surface area contributed by atoms with Gasteiger partial charge in [0.15, 0.2) is 0 Å². The first-order valence-electron chi connectivity index (χ1n) is 9.22. The molecule has 2 nitrogen and oxygen atoms in total. The van der Waals surface area contributed by atoms with Crippen molar-refractivity contribution in [2.45, 2.75) is 72.1 Å². The van der Waals surface area contributed by atoms with Gasteiger partial charge in [0.05, 0.1) is 12.5 Å². The lowest BCUT2D eigenvalue weighted by atomic mass is 9.47. The molecule has 0 aromatic rings. The Morgan fingerprint density at radius 2 is 1.96 bits per heavy atom. The maximum atomic E-state index is 12.5. The van der Waals surface area contributed by atoms with Gasteiger partial charge in [-0.1, -0.05) is 37.5 Å². The van der Waals surface area contributed by atoms with E-state index in [-0.39, 0.29) is 22.2 Å². The fourth-order valence-electron chi connectivity index (χ4n) is 6.04. The van der Waals surface area contributed by atoms with Gasteiger partial charge in [0.1, 0.15) is 0 Å². The van der Waals surface area contributed by atoms with Crippen molar-refractivity contribution in [2.24, 2.45) is 22.2 Å². The predicted octanol–water partition coefficient (Wildman–Crippen LogP) is 5.44. The summed E-state index contributed by atoms with van der Waals surface area (Å²) in [5.41, 5.74) is 3.51. The van der Waals surface area contributed by atoms with Gasteiger partial charge in [-0.3, -0.25) is 4.79 Å². The van der Waals surface area contributed by atoms with Crippen molar-refractivity contribution in [3.63, 3.8) is 0 Å². The average Bonchev–Trinajstić information content (AvgIpc) is 2.53. The molecule has 0 heterocycles. The van der Waals surface area contributed by atoms with E-state index in [4.69, 9.17) is 4.74 Å². The van der Waals surface area contributed by atoms with Crippen molar-refractivity contribution < 1.29 is 9.53 Å². The van der Waals surface area contributed by atoms with Crippen LogP contribution in [0.1, 0.15) is 72.1 Å². The Bertz CT molecular complexity index is 560. The van der Waals surface area contributed by atoms with Crippen LogP contribution >= 0.6 is 0 Å². The second-order valence-electron chi connectivity index (χ2n) is 8.89. The minimum Gasteiger partial charge on any atom is -0.469 e. The summed E-state index contributed by atoms with van der Waals surface area (Å²) in [4.78, 5) is 12.5. The highest BCUT2D eigenvalue weighted by Gasteiger charge is 2.56. The molecule has 2 heteroatoms. The lowest BCUT2D eigenvalue weighted by Crippen LogP contribution is -2.51. The summed E-state index contributed by atoms with van der Waals surface area (Å²) in [5.74, 6) is 0.437. The van der Waals surface area contributed by atoms with Gasteiger partial charge in [0, 0.05) is 0 Å². The van der Waals surface area contributed by atoms with Gasteiger partial charge >= 0.3 is 5.97 Å². The fraction of sp³-hybridized carbons (Fsp3) is 0.762. The van der Waals surface area contributed by atoms with Crippen molar-refractivity contribution >= 4 is 5.97 Å². The zero-order valence-electron chi connectivity index (χ0n) is 15.3. The molecule has 0 aliphatic heterocycles. The van der Waals surface area contributed by atoms with E-state index in [1.807, 2.05) is 0 Å². The minimum absolute atomic E-state index is 0.00390. The summed E-state index contributed by atoms with van der Waals surface area (Å²) >= 11 is 0. The van der Waals surface area contributed by atoms with Gasteiger partial charge in [-0.15, -0.1) is 6.58 Å². The van der Waals surface area contributed by atoms with E-state index < -0.39 is 0 Å². The predicted molar refractivity (Wildman–Crippen MR) is 94.0 cm³/mol. The van der Waals surface area contributed by atoms with Crippen molar-refractivity contribution in [3.05, 3.63) is 23.8 Å². The molecule has 0 amide bonds. The van der Waals surface area contributed by atoms with Gasteiger partial charge in [-0.05, 0) is 68.6 Å². The van der Waals surface area contributed by atoms with E-state index >= 15 is 0 Å². The molecule has 0 aromatic carbocycles. The van der Waals surface area contributed by atoms with Gasteiger partial charge in [0.25, 0.3) is 0 Å². The van der Waals surface area contributed by atoms with Crippen LogP contribution in [0.3, 0.4) is 0 Å². The summed E-state index contributed by atoms with van der Waals surface area (Å²) in [6.07, 6.45) is 11.3. The Balaban J connectivity index is 1.99. The van der Waals surface area contributed by atoms with Crippen LogP contribution in [-0.4, -0.2) is 13.1 Å². The number of fused-ring (bicyclic) bond motifs is 2. The number of esters is 1. The SMILES string of the molecule is C=C[C@@]1(C)CCC2=C(CC[C@H]3[C@](C)(C(=O)OC)CCC[C@]23C)C1. The van der Waals surface area contributed by atoms with E-state index in [2.05, 4.69) is 33.4 Å². The molecule has 0 spiro atoms. The van der Waals surface area contributed by atoms with Gasteiger partial charge in [0.2, 0.25) is 0 Å². The molecule has 23 heavy (non-hydrogen) atoms. The van der Waals surface area contributed by atoms with Crippen LogP contribution in [-0.2, 0) is 9.53 Å². The van der Waals surface area contributed by atoms with E-state index in [1.54, 1.807) is 18.3 Å². The van der Waals surface area contributed by atoms with Gasteiger partial charge in [-0.25, -0.2) is 0 Å². The summed E-state index contributed by atoms with van der Waals surface area (Å²) < 4.78 is 5.20. The number of methoxy groups -OCH3 is 1. The third kappa shape index (κ3) is 2.40. The first kappa shape index (κ1) is 16.8. The summed E-state index contributed by atoms with van der Waals surface area (Å²) in [6, 6.07) is 0. The average molecular weight is 316 g/mol. The molecule has 0 saturated heterocycles. The Kier molecular flexibility index (Phi) is 4.01. The first-order valence-corrected chi connectivity index (χ1v) is 9.22. The van der Waals surface area contributed by atoms with Crippen LogP contribution in [0.4, 0.5) is 0 Å². The molecule has 0 radical (unpaired) electrons. The zero-order chi connectivity index (χ0) is 16.9. The number of hydrogen-bond acceptors (Lipinski definition) is 2. The highest BCUT2D eigenvalue weighted by molar-refractivity contribution is 5.77. The standard InChI is InChI=1S/C21H32O2/c1-6-19(2)13-10-16-15(14-19)8-9-17-20(16,3)11-7-12-21(17,4)18(22)23-5/h6,17H,1,7-14H2,2-5H3/t17-,19+,20-,21-/m1/s1. The van der Waals surface area contributed by atoms with E-state index in [0.29, 0.717) is 5.92 Å². The van der Waals surface area contributed by atoms with Crippen LogP contribution in [0.5, 0.6) is 0 Å². The largest absolute Gasteiger partial charge is 0.469 e. The maximum absolute atomic E-state index is 12.5. The number of hydrogen-bond donors (Lipinski definition) is 0. The Morgan fingerprint density at radius 3 is 2.61 bits per heavy atom. The third-order valence-electron chi connectivity index (χ3n) is 7.49. The van der Waals surface area contributed by atoms with Crippen molar-refractivity contribution in [1.29, 1.82) is 0 Å².